The summed E-state index contributed by atoms with van der Waals surface area (Å²) >= 11 is 6.10. The fourth-order valence-corrected chi connectivity index (χ4v) is 3.35. The van der Waals surface area contributed by atoms with Crippen molar-refractivity contribution >= 4 is 41.1 Å². The van der Waals surface area contributed by atoms with Crippen LogP contribution in [0.25, 0.3) is 11.3 Å². The average molecular weight is 473 g/mol. The Morgan fingerprint density at radius 1 is 0.971 bits per heavy atom. The van der Waals surface area contributed by atoms with E-state index in [0.717, 1.165) is 16.8 Å². The molecule has 1 heterocycles. The molecule has 4 rings (SSSR count). The van der Waals surface area contributed by atoms with Crippen molar-refractivity contribution in [3.8, 4) is 11.3 Å². The Morgan fingerprint density at radius 2 is 1.71 bits per heavy atom. The number of halogens is 1. The van der Waals surface area contributed by atoms with E-state index < -0.39 is 5.97 Å². The lowest BCUT2D eigenvalue weighted by molar-refractivity contribution is -0.114. The van der Waals surface area contributed by atoms with E-state index in [9.17, 15) is 9.59 Å². The molecule has 1 N–H and O–H groups in total. The highest BCUT2D eigenvalue weighted by Gasteiger charge is 2.10. The molecule has 6 nitrogen and oxygen atoms in total. The van der Waals surface area contributed by atoms with Gasteiger partial charge in [0.2, 0.25) is 5.91 Å². The third-order valence-corrected chi connectivity index (χ3v) is 5.25. The third-order valence-electron chi connectivity index (χ3n) is 4.88. The van der Waals surface area contributed by atoms with E-state index in [1.54, 1.807) is 60.8 Å². The van der Waals surface area contributed by atoms with Crippen LogP contribution in [0.1, 0.15) is 28.6 Å². The molecule has 0 saturated heterocycles. The minimum Gasteiger partial charge on any atom is -0.457 e. The van der Waals surface area contributed by atoms with Gasteiger partial charge in [-0.1, -0.05) is 41.9 Å². The van der Waals surface area contributed by atoms with Crippen LogP contribution in [0.3, 0.4) is 0 Å². The highest BCUT2D eigenvalue weighted by Crippen LogP contribution is 2.24. The Morgan fingerprint density at radius 3 is 2.41 bits per heavy atom. The SMILES string of the molecule is CC(=O)Nc1ccc(N=Cc2ccc(-c3ccc(C(=O)OCc4ccccc4Cl)cc3)o2)cc1. The highest BCUT2D eigenvalue weighted by molar-refractivity contribution is 6.31. The van der Waals surface area contributed by atoms with Crippen LogP contribution in [0, 0.1) is 0 Å². The number of benzene rings is 3. The Balaban J connectivity index is 1.36. The van der Waals surface area contributed by atoms with Crippen LogP contribution in [-0.4, -0.2) is 18.1 Å². The van der Waals surface area contributed by atoms with Gasteiger partial charge in [0.25, 0.3) is 0 Å². The molecule has 0 spiro atoms. The second-order valence-corrected chi connectivity index (χ2v) is 7.84. The Labute approximate surface area is 201 Å². The number of nitrogens with one attached hydrogen (secondary N) is 1. The zero-order valence-electron chi connectivity index (χ0n) is 18.3. The smallest absolute Gasteiger partial charge is 0.338 e. The van der Waals surface area contributed by atoms with Crippen molar-refractivity contribution in [3.63, 3.8) is 0 Å². The first-order valence-electron chi connectivity index (χ1n) is 10.5. The summed E-state index contributed by atoms with van der Waals surface area (Å²) in [5.41, 5.74) is 3.45. The Hall–Kier alpha value is -4.16. The number of rotatable bonds is 7. The van der Waals surface area contributed by atoms with Crippen molar-refractivity contribution in [1.82, 2.24) is 0 Å². The highest BCUT2D eigenvalue weighted by atomic mass is 35.5. The Kier molecular flexibility index (Phi) is 7.20. The van der Waals surface area contributed by atoms with Gasteiger partial charge in [-0.3, -0.25) is 9.79 Å². The molecule has 0 unspecified atom stereocenters. The van der Waals surface area contributed by atoms with Crippen molar-refractivity contribution in [3.05, 3.63) is 107 Å². The van der Waals surface area contributed by atoms with Crippen LogP contribution >= 0.6 is 11.6 Å². The van der Waals surface area contributed by atoms with Gasteiger partial charge in [0.05, 0.1) is 17.5 Å². The number of nitrogens with zero attached hydrogens (tertiary/aromatic N) is 1. The van der Waals surface area contributed by atoms with E-state index in [-0.39, 0.29) is 12.5 Å². The molecule has 0 bridgehead atoms. The average Bonchev–Trinajstić information content (AvgIpc) is 3.32. The first kappa shape index (κ1) is 23.0. The number of anilines is 1. The molecule has 4 aromatic rings. The first-order valence-corrected chi connectivity index (χ1v) is 10.9. The second kappa shape index (κ2) is 10.6. The fourth-order valence-electron chi connectivity index (χ4n) is 3.16. The standard InChI is InChI=1S/C27H21ClN2O4/c1-18(31)30-23-12-10-22(11-13-23)29-16-24-14-15-26(34-24)19-6-8-20(9-7-19)27(32)33-17-21-4-2-3-5-25(21)28/h2-16H,17H2,1H3,(H,30,31). The van der Waals surface area contributed by atoms with Crippen molar-refractivity contribution in [2.45, 2.75) is 13.5 Å². The number of esters is 1. The number of hydrogen-bond acceptors (Lipinski definition) is 5. The first-order chi connectivity index (χ1) is 16.5. The summed E-state index contributed by atoms with van der Waals surface area (Å²) in [6.07, 6.45) is 1.62. The van der Waals surface area contributed by atoms with Crippen molar-refractivity contribution in [1.29, 1.82) is 0 Å². The summed E-state index contributed by atoms with van der Waals surface area (Å²) in [5.74, 6) is 0.687. The van der Waals surface area contributed by atoms with Crippen LogP contribution in [0.15, 0.2) is 94.3 Å². The normalized spacial score (nSPS) is 10.9. The number of carbonyl (C=O) groups is 2. The lowest BCUT2D eigenvalue weighted by atomic mass is 10.1. The van der Waals surface area contributed by atoms with Gasteiger partial charge in [0.1, 0.15) is 18.1 Å². The number of hydrogen-bond donors (Lipinski definition) is 1. The largest absolute Gasteiger partial charge is 0.457 e. The zero-order chi connectivity index (χ0) is 23.9. The summed E-state index contributed by atoms with van der Waals surface area (Å²) < 4.78 is 11.2. The minimum absolute atomic E-state index is 0.108. The summed E-state index contributed by atoms with van der Waals surface area (Å²) in [5, 5.41) is 3.27. The van der Waals surface area contributed by atoms with E-state index in [0.29, 0.717) is 27.8 Å². The van der Waals surface area contributed by atoms with Crippen molar-refractivity contribution in [2.75, 3.05) is 5.32 Å². The summed E-state index contributed by atoms with van der Waals surface area (Å²) in [6, 6.07) is 25.0. The molecule has 1 amide bonds. The van der Waals surface area contributed by atoms with Crippen LogP contribution < -0.4 is 5.32 Å². The van der Waals surface area contributed by atoms with E-state index >= 15 is 0 Å². The zero-order valence-corrected chi connectivity index (χ0v) is 19.1. The Bertz CT molecular complexity index is 1330. The molecular formula is C27H21ClN2O4. The maximum atomic E-state index is 12.3. The van der Waals surface area contributed by atoms with Crippen LogP contribution in [0.4, 0.5) is 11.4 Å². The van der Waals surface area contributed by atoms with Crippen LogP contribution in [0.2, 0.25) is 5.02 Å². The molecule has 3 aromatic carbocycles. The molecular weight excluding hydrogens is 452 g/mol. The van der Waals surface area contributed by atoms with E-state index in [1.165, 1.54) is 6.92 Å². The lowest BCUT2D eigenvalue weighted by Gasteiger charge is -2.07. The van der Waals surface area contributed by atoms with Gasteiger partial charge in [0, 0.05) is 28.8 Å². The van der Waals surface area contributed by atoms with Gasteiger partial charge >= 0.3 is 5.97 Å². The summed E-state index contributed by atoms with van der Waals surface area (Å²) in [6.45, 7) is 1.57. The summed E-state index contributed by atoms with van der Waals surface area (Å²) in [7, 11) is 0. The summed E-state index contributed by atoms with van der Waals surface area (Å²) in [4.78, 5) is 27.8. The second-order valence-electron chi connectivity index (χ2n) is 7.43. The predicted molar refractivity (Wildman–Crippen MR) is 133 cm³/mol. The van der Waals surface area contributed by atoms with Gasteiger partial charge in [-0.2, -0.15) is 0 Å². The molecule has 0 fully saturated rings. The van der Waals surface area contributed by atoms with Crippen molar-refractivity contribution in [2.24, 2.45) is 4.99 Å². The number of aliphatic imine (C=N–C) groups is 1. The molecule has 1 aromatic heterocycles. The predicted octanol–water partition coefficient (Wildman–Crippen LogP) is 6.67. The number of ether oxygens (including phenoxy) is 1. The molecule has 0 atom stereocenters. The monoisotopic (exact) mass is 472 g/mol. The molecule has 7 heteroatoms. The van der Waals surface area contributed by atoms with Gasteiger partial charge in [-0.25, -0.2) is 4.79 Å². The molecule has 0 aliphatic rings. The molecule has 34 heavy (non-hydrogen) atoms. The lowest BCUT2D eigenvalue weighted by Crippen LogP contribution is -2.05. The van der Waals surface area contributed by atoms with Gasteiger partial charge in [0.15, 0.2) is 0 Å². The number of furan rings is 1. The van der Waals surface area contributed by atoms with E-state index in [2.05, 4.69) is 10.3 Å². The molecule has 170 valence electrons. The molecule has 0 radical (unpaired) electrons. The van der Waals surface area contributed by atoms with Gasteiger partial charge in [-0.05, 0) is 54.6 Å². The number of amides is 1. The molecule has 0 aliphatic carbocycles. The topological polar surface area (TPSA) is 80.9 Å². The fraction of sp³-hybridized carbons (Fsp3) is 0.0741. The molecule has 0 saturated carbocycles. The van der Waals surface area contributed by atoms with Crippen LogP contribution in [-0.2, 0) is 16.1 Å². The minimum atomic E-state index is -0.428. The van der Waals surface area contributed by atoms with Gasteiger partial charge < -0.3 is 14.5 Å². The van der Waals surface area contributed by atoms with E-state index in [4.69, 9.17) is 20.8 Å². The van der Waals surface area contributed by atoms with Gasteiger partial charge in [-0.15, -0.1) is 0 Å². The van der Waals surface area contributed by atoms with Crippen LogP contribution in [0.5, 0.6) is 0 Å². The molecule has 0 aliphatic heterocycles. The maximum absolute atomic E-state index is 12.3. The van der Waals surface area contributed by atoms with E-state index in [1.807, 2.05) is 30.3 Å². The maximum Gasteiger partial charge on any atom is 0.338 e. The number of carbonyl (C=O) groups excluding carboxylic acids is 2. The third kappa shape index (κ3) is 5.99. The van der Waals surface area contributed by atoms with Crippen molar-refractivity contribution < 1.29 is 18.7 Å². The quantitative estimate of drug-likeness (QED) is 0.240.